The molecule has 0 spiro atoms. The van der Waals surface area contributed by atoms with Crippen molar-refractivity contribution in [2.24, 2.45) is 5.92 Å². The second-order valence-corrected chi connectivity index (χ2v) is 4.02. The highest BCUT2D eigenvalue weighted by Crippen LogP contribution is 2.20. The maximum atomic E-state index is 13.4. The normalized spacial score (nSPS) is 12.0. The standard InChI is InChI=1S/C13H15FO3/c1-8(6-9(2)15)13(16)10-4-5-12(17-3)11(14)7-10/h4-5,7-8H,6H2,1-3H3. The van der Waals surface area contributed by atoms with Gasteiger partial charge in [0, 0.05) is 17.9 Å². The van der Waals surface area contributed by atoms with Crippen LogP contribution in [0.25, 0.3) is 0 Å². The lowest BCUT2D eigenvalue weighted by molar-refractivity contribution is -0.117. The minimum atomic E-state index is -0.576. The van der Waals surface area contributed by atoms with Gasteiger partial charge in [-0.2, -0.15) is 0 Å². The topological polar surface area (TPSA) is 43.4 Å². The number of carbonyl (C=O) groups is 2. The Hall–Kier alpha value is -1.71. The molecule has 1 rings (SSSR count). The van der Waals surface area contributed by atoms with Crippen molar-refractivity contribution >= 4 is 11.6 Å². The Balaban J connectivity index is 2.89. The molecule has 0 N–H and O–H groups in total. The van der Waals surface area contributed by atoms with E-state index < -0.39 is 11.7 Å². The molecule has 0 bridgehead atoms. The smallest absolute Gasteiger partial charge is 0.166 e. The van der Waals surface area contributed by atoms with Crippen molar-refractivity contribution in [3.8, 4) is 5.75 Å². The molecule has 3 nitrogen and oxygen atoms in total. The van der Waals surface area contributed by atoms with Gasteiger partial charge in [0.15, 0.2) is 17.3 Å². The Bertz CT molecular complexity index is 440. The van der Waals surface area contributed by atoms with Crippen LogP contribution >= 0.6 is 0 Å². The lowest BCUT2D eigenvalue weighted by atomic mass is 9.95. The second kappa shape index (κ2) is 5.57. The molecule has 0 amide bonds. The zero-order valence-electron chi connectivity index (χ0n) is 10.1. The lowest BCUT2D eigenvalue weighted by Crippen LogP contribution is -2.14. The molecule has 0 radical (unpaired) electrons. The Morgan fingerprint density at radius 2 is 2.06 bits per heavy atom. The summed E-state index contributed by atoms with van der Waals surface area (Å²) in [7, 11) is 1.36. The molecule has 1 aromatic carbocycles. The molecule has 0 aromatic heterocycles. The van der Waals surface area contributed by atoms with E-state index in [1.807, 2.05) is 0 Å². The fourth-order valence-electron chi connectivity index (χ4n) is 1.63. The van der Waals surface area contributed by atoms with Gasteiger partial charge in [-0.25, -0.2) is 4.39 Å². The third kappa shape index (κ3) is 3.37. The molecule has 0 aliphatic heterocycles. The summed E-state index contributed by atoms with van der Waals surface area (Å²) in [6.07, 6.45) is 0.173. The van der Waals surface area contributed by atoms with Crippen molar-refractivity contribution < 1.29 is 18.7 Å². The number of ether oxygens (including phenoxy) is 1. The first-order valence-electron chi connectivity index (χ1n) is 5.33. The molecular weight excluding hydrogens is 223 g/mol. The first-order chi connectivity index (χ1) is 7.95. The van der Waals surface area contributed by atoms with E-state index in [1.165, 1.54) is 26.2 Å². The zero-order chi connectivity index (χ0) is 13.0. The molecule has 0 heterocycles. The fraction of sp³-hybridized carbons (Fsp3) is 0.385. The molecule has 1 aromatic rings. The van der Waals surface area contributed by atoms with Crippen LogP contribution in [0.1, 0.15) is 30.6 Å². The molecule has 0 fully saturated rings. The van der Waals surface area contributed by atoms with Crippen LogP contribution in [0.3, 0.4) is 0 Å². The van der Waals surface area contributed by atoms with E-state index in [1.54, 1.807) is 6.92 Å². The quantitative estimate of drug-likeness (QED) is 0.740. The van der Waals surface area contributed by atoms with Crippen LogP contribution in [0.2, 0.25) is 0 Å². The Kier molecular flexibility index (Phi) is 4.37. The largest absolute Gasteiger partial charge is 0.494 e. The predicted molar refractivity (Wildman–Crippen MR) is 61.7 cm³/mol. The van der Waals surface area contributed by atoms with Crippen molar-refractivity contribution in [2.45, 2.75) is 20.3 Å². The monoisotopic (exact) mass is 238 g/mol. The van der Waals surface area contributed by atoms with Gasteiger partial charge in [-0.1, -0.05) is 6.92 Å². The number of hydrogen-bond acceptors (Lipinski definition) is 3. The number of methoxy groups -OCH3 is 1. The summed E-state index contributed by atoms with van der Waals surface area (Å²) in [6.45, 7) is 3.09. The minimum absolute atomic E-state index is 0.0557. The van der Waals surface area contributed by atoms with Crippen LogP contribution < -0.4 is 4.74 Å². The van der Waals surface area contributed by atoms with Crippen LogP contribution in [-0.4, -0.2) is 18.7 Å². The number of rotatable bonds is 5. The van der Waals surface area contributed by atoms with Crippen molar-refractivity contribution in [2.75, 3.05) is 7.11 Å². The third-order valence-corrected chi connectivity index (χ3v) is 2.48. The highest BCUT2D eigenvalue weighted by atomic mass is 19.1. The predicted octanol–water partition coefficient (Wildman–Crippen LogP) is 2.63. The van der Waals surface area contributed by atoms with Crippen molar-refractivity contribution in [1.82, 2.24) is 0 Å². The Morgan fingerprint density at radius 3 is 2.53 bits per heavy atom. The Labute approximate surface area is 99.6 Å². The van der Waals surface area contributed by atoms with Gasteiger partial charge in [-0.15, -0.1) is 0 Å². The lowest BCUT2D eigenvalue weighted by Gasteiger charge is -2.09. The van der Waals surface area contributed by atoms with Crippen LogP contribution in [0.4, 0.5) is 4.39 Å². The van der Waals surface area contributed by atoms with E-state index in [0.29, 0.717) is 0 Å². The average molecular weight is 238 g/mol. The van der Waals surface area contributed by atoms with Crippen LogP contribution in [0, 0.1) is 11.7 Å². The van der Waals surface area contributed by atoms with Gasteiger partial charge in [0.2, 0.25) is 0 Å². The summed E-state index contributed by atoms with van der Waals surface area (Å²) in [5, 5.41) is 0. The van der Waals surface area contributed by atoms with Crippen LogP contribution in [-0.2, 0) is 4.79 Å². The Morgan fingerprint density at radius 1 is 1.41 bits per heavy atom. The maximum absolute atomic E-state index is 13.4. The number of benzene rings is 1. The summed E-state index contributed by atoms with van der Waals surface area (Å²) < 4.78 is 18.2. The van der Waals surface area contributed by atoms with Gasteiger partial charge in [-0.3, -0.25) is 4.79 Å². The molecule has 1 unspecified atom stereocenters. The summed E-state index contributed by atoms with van der Waals surface area (Å²) in [5.74, 6) is -1.20. The molecule has 0 saturated heterocycles. The van der Waals surface area contributed by atoms with Gasteiger partial charge in [0.25, 0.3) is 0 Å². The number of Topliss-reactive ketones (excluding diaryl/α,β-unsaturated/α-hetero) is 2. The summed E-state index contributed by atoms with van der Waals surface area (Å²) in [5.41, 5.74) is 0.261. The maximum Gasteiger partial charge on any atom is 0.166 e. The fourth-order valence-corrected chi connectivity index (χ4v) is 1.63. The van der Waals surface area contributed by atoms with E-state index in [4.69, 9.17) is 4.74 Å². The number of halogens is 1. The SMILES string of the molecule is COc1ccc(C(=O)C(C)CC(C)=O)cc1F. The number of hydrogen-bond donors (Lipinski definition) is 0. The summed E-state index contributed by atoms with van der Waals surface area (Å²) >= 11 is 0. The summed E-state index contributed by atoms with van der Waals surface area (Å²) in [4.78, 5) is 22.8. The zero-order valence-corrected chi connectivity index (χ0v) is 10.1. The van der Waals surface area contributed by atoms with Crippen LogP contribution in [0.5, 0.6) is 5.75 Å². The van der Waals surface area contributed by atoms with Gasteiger partial charge in [0.1, 0.15) is 5.78 Å². The molecule has 0 saturated carbocycles. The molecule has 92 valence electrons. The molecule has 1 atom stereocenters. The van der Waals surface area contributed by atoms with E-state index in [9.17, 15) is 14.0 Å². The minimum Gasteiger partial charge on any atom is -0.494 e. The molecule has 0 aliphatic rings. The van der Waals surface area contributed by atoms with E-state index in [2.05, 4.69) is 0 Å². The van der Waals surface area contributed by atoms with Gasteiger partial charge >= 0.3 is 0 Å². The van der Waals surface area contributed by atoms with Gasteiger partial charge < -0.3 is 9.53 Å². The highest BCUT2D eigenvalue weighted by Gasteiger charge is 2.18. The van der Waals surface area contributed by atoms with Crippen molar-refractivity contribution in [1.29, 1.82) is 0 Å². The average Bonchev–Trinajstić information content (AvgIpc) is 2.27. The molecular formula is C13H15FO3. The molecule has 0 aliphatic carbocycles. The number of carbonyl (C=O) groups excluding carboxylic acids is 2. The second-order valence-electron chi connectivity index (χ2n) is 4.02. The van der Waals surface area contributed by atoms with Crippen molar-refractivity contribution in [3.05, 3.63) is 29.6 Å². The molecule has 4 heteroatoms. The van der Waals surface area contributed by atoms with Gasteiger partial charge in [-0.05, 0) is 25.1 Å². The highest BCUT2D eigenvalue weighted by molar-refractivity contribution is 5.99. The third-order valence-electron chi connectivity index (χ3n) is 2.48. The summed E-state index contributed by atoms with van der Waals surface area (Å²) in [6, 6.07) is 4.04. The van der Waals surface area contributed by atoms with Crippen molar-refractivity contribution in [3.63, 3.8) is 0 Å². The van der Waals surface area contributed by atoms with E-state index >= 15 is 0 Å². The number of ketones is 2. The van der Waals surface area contributed by atoms with Crippen LogP contribution in [0.15, 0.2) is 18.2 Å². The van der Waals surface area contributed by atoms with E-state index in [0.717, 1.165) is 6.07 Å². The first-order valence-corrected chi connectivity index (χ1v) is 5.33. The first kappa shape index (κ1) is 13.4. The molecule has 17 heavy (non-hydrogen) atoms. The van der Waals surface area contributed by atoms with Gasteiger partial charge in [0.05, 0.1) is 7.11 Å². The van der Waals surface area contributed by atoms with E-state index in [-0.39, 0.29) is 29.3 Å².